The van der Waals surface area contributed by atoms with E-state index in [2.05, 4.69) is 18.7 Å². The molecule has 1 rings (SSSR count). The van der Waals surface area contributed by atoms with Crippen LogP contribution in [0.5, 0.6) is 0 Å². The molecule has 0 aromatic carbocycles. The van der Waals surface area contributed by atoms with Gasteiger partial charge in [-0.25, -0.2) is 0 Å². The lowest BCUT2D eigenvalue weighted by atomic mass is 10.2. The van der Waals surface area contributed by atoms with Gasteiger partial charge in [0.05, 0.1) is 6.10 Å². The first-order chi connectivity index (χ1) is 6.27. The van der Waals surface area contributed by atoms with Crippen LogP contribution in [0.15, 0.2) is 0 Å². The zero-order chi connectivity index (χ0) is 9.68. The summed E-state index contributed by atoms with van der Waals surface area (Å²) < 4.78 is 0. The number of hydrogen-bond acceptors (Lipinski definition) is 2. The van der Waals surface area contributed by atoms with Gasteiger partial charge in [-0.05, 0) is 44.7 Å². The Balaban J connectivity index is 2.18. The van der Waals surface area contributed by atoms with Crippen molar-refractivity contribution in [3.63, 3.8) is 0 Å². The number of aliphatic hydroxyl groups excluding tert-OH is 1. The molecule has 1 N–H and O–H groups in total. The van der Waals surface area contributed by atoms with Gasteiger partial charge in [-0.3, -0.25) is 0 Å². The third-order valence-electron chi connectivity index (χ3n) is 2.69. The molecule has 0 amide bonds. The van der Waals surface area contributed by atoms with Crippen LogP contribution < -0.4 is 0 Å². The van der Waals surface area contributed by atoms with Gasteiger partial charge in [-0.1, -0.05) is 13.8 Å². The van der Waals surface area contributed by atoms with E-state index in [0.717, 1.165) is 19.6 Å². The summed E-state index contributed by atoms with van der Waals surface area (Å²) in [5.41, 5.74) is 0. The van der Waals surface area contributed by atoms with E-state index in [9.17, 15) is 5.11 Å². The standard InChI is InChI=1S/C11H23NO/c1-3-7-12(8-4-2)9-11(13)10-5-6-10/h10-11,13H,3-9H2,1-2H3. The summed E-state index contributed by atoms with van der Waals surface area (Å²) in [7, 11) is 0. The fourth-order valence-electron chi connectivity index (χ4n) is 1.82. The summed E-state index contributed by atoms with van der Waals surface area (Å²) in [5.74, 6) is 0.621. The molecule has 0 aliphatic heterocycles. The molecule has 0 bridgehead atoms. The molecule has 0 heterocycles. The van der Waals surface area contributed by atoms with E-state index in [1.807, 2.05) is 0 Å². The minimum atomic E-state index is -0.0573. The lowest BCUT2D eigenvalue weighted by molar-refractivity contribution is 0.0949. The van der Waals surface area contributed by atoms with Gasteiger partial charge in [0.1, 0.15) is 0 Å². The Morgan fingerprint density at radius 2 is 1.77 bits per heavy atom. The predicted octanol–water partition coefficient (Wildman–Crippen LogP) is 1.88. The summed E-state index contributed by atoms with van der Waals surface area (Å²) in [6, 6.07) is 0. The van der Waals surface area contributed by atoms with Gasteiger partial charge in [0.15, 0.2) is 0 Å². The van der Waals surface area contributed by atoms with Crippen LogP contribution >= 0.6 is 0 Å². The lowest BCUT2D eigenvalue weighted by Crippen LogP contribution is -2.34. The number of rotatable bonds is 7. The molecule has 2 nitrogen and oxygen atoms in total. The highest BCUT2D eigenvalue weighted by molar-refractivity contribution is 4.82. The van der Waals surface area contributed by atoms with E-state index in [0.29, 0.717) is 5.92 Å². The molecule has 0 saturated heterocycles. The molecule has 78 valence electrons. The molecular weight excluding hydrogens is 162 g/mol. The first-order valence-corrected chi connectivity index (χ1v) is 5.68. The van der Waals surface area contributed by atoms with Crippen molar-refractivity contribution in [2.24, 2.45) is 5.92 Å². The van der Waals surface area contributed by atoms with E-state index in [-0.39, 0.29) is 6.10 Å². The largest absolute Gasteiger partial charge is 0.392 e. The molecule has 2 heteroatoms. The summed E-state index contributed by atoms with van der Waals surface area (Å²) in [6.07, 6.45) is 4.81. The summed E-state index contributed by atoms with van der Waals surface area (Å²) >= 11 is 0. The highest BCUT2D eigenvalue weighted by Crippen LogP contribution is 2.32. The SMILES string of the molecule is CCCN(CCC)CC(O)C1CC1. The van der Waals surface area contributed by atoms with Crippen molar-refractivity contribution >= 4 is 0 Å². The molecular formula is C11H23NO. The van der Waals surface area contributed by atoms with Crippen LogP contribution in [0.4, 0.5) is 0 Å². The number of nitrogens with zero attached hydrogens (tertiary/aromatic N) is 1. The maximum Gasteiger partial charge on any atom is 0.0695 e. The molecule has 1 unspecified atom stereocenters. The van der Waals surface area contributed by atoms with Crippen molar-refractivity contribution < 1.29 is 5.11 Å². The zero-order valence-corrected chi connectivity index (χ0v) is 9.00. The topological polar surface area (TPSA) is 23.5 Å². The Hall–Kier alpha value is -0.0800. The average molecular weight is 185 g/mol. The van der Waals surface area contributed by atoms with Crippen molar-refractivity contribution in [2.75, 3.05) is 19.6 Å². The molecule has 0 aromatic rings. The fraction of sp³-hybridized carbons (Fsp3) is 1.00. The second-order valence-corrected chi connectivity index (χ2v) is 4.21. The van der Waals surface area contributed by atoms with Crippen molar-refractivity contribution in [1.82, 2.24) is 4.90 Å². The first-order valence-electron chi connectivity index (χ1n) is 5.68. The number of hydrogen-bond donors (Lipinski definition) is 1. The molecule has 1 atom stereocenters. The van der Waals surface area contributed by atoms with E-state index in [4.69, 9.17) is 0 Å². The molecule has 0 radical (unpaired) electrons. The maximum atomic E-state index is 9.77. The number of aliphatic hydroxyl groups is 1. The Kier molecular flexibility index (Phi) is 4.74. The Labute approximate surface area is 81.9 Å². The van der Waals surface area contributed by atoms with Crippen LogP contribution in [0.25, 0.3) is 0 Å². The van der Waals surface area contributed by atoms with Gasteiger partial charge in [0.25, 0.3) is 0 Å². The van der Waals surface area contributed by atoms with Crippen LogP contribution in [0, 0.1) is 5.92 Å². The second kappa shape index (κ2) is 5.61. The molecule has 1 aliphatic rings. The minimum Gasteiger partial charge on any atom is -0.392 e. The monoisotopic (exact) mass is 185 g/mol. The summed E-state index contributed by atoms with van der Waals surface area (Å²) in [4.78, 5) is 2.39. The van der Waals surface area contributed by atoms with Crippen LogP contribution in [0.2, 0.25) is 0 Å². The van der Waals surface area contributed by atoms with E-state index in [1.54, 1.807) is 0 Å². The predicted molar refractivity (Wildman–Crippen MR) is 55.8 cm³/mol. The summed E-state index contributed by atoms with van der Waals surface area (Å²) in [6.45, 7) is 7.57. The normalized spacial score (nSPS) is 19.4. The van der Waals surface area contributed by atoms with E-state index < -0.39 is 0 Å². The van der Waals surface area contributed by atoms with Crippen molar-refractivity contribution in [1.29, 1.82) is 0 Å². The summed E-state index contributed by atoms with van der Waals surface area (Å²) in [5, 5.41) is 9.77. The third kappa shape index (κ3) is 4.10. The molecule has 13 heavy (non-hydrogen) atoms. The molecule has 1 fully saturated rings. The Morgan fingerprint density at radius 1 is 1.23 bits per heavy atom. The van der Waals surface area contributed by atoms with Gasteiger partial charge in [-0.15, -0.1) is 0 Å². The zero-order valence-electron chi connectivity index (χ0n) is 9.00. The molecule has 1 aliphatic carbocycles. The molecule has 0 aromatic heterocycles. The van der Waals surface area contributed by atoms with Crippen molar-refractivity contribution in [2.45, 2.75) is 45.6 Å². The van der Waals surface area contributed by atoms with Gasteiger partial charge in [-0.2, -0.15) is 0 Å². The minimum absolute atomic E-state index is 0.0573. The maximum absolute atomic E-state index is 9.77. The van der Waals surface area contributed by atoms with Gasteiger partial charge < -0.3 is 10.0 Å². The lowest BCUT2D eigenvalue weighted by Gasteiger charge is -2.23. The highest BCUT2D eigenvalue weighted by Gasteiger charge is 2.30. The second-order valence-electron chi connectivity index (χ2n) is 4.21. The van der Waals surface area contributed by atoms with Crippen LogP contribution in [-0.4, -0.2) is 35.7 Å². The van der Waals surface area contributed by atoms with Gasteiger partial charge >= 0.3 is 0 Å². The van der Waals surface area contributed by atoms with Crippen LogP contribution in [0.3, 0.4) is 0 Å². The first kappa shape index (κ1) is 11.0. The van der Waals surface area contributed by atoms with Gasteiger partial charge in [0.2, 0.25) is 0 Å². The van der Waals surface area contributed by atoms with Crippen LogP contribution in [-0.2, 0) is 0 Å². The quantitative estimate of drug-likeness (QED) is 0.654. The Bertz CT molecular complexity index is 128. The van der Waals surface area contributed by atoms with Gasteiger partial charge in [0, 0.05) is 6.54 Å². The average Bonchev–Trinajstić information content (AvgIpc) is 2.87. The smallest absolute Gasteiger partial charge is 0.0695 e. The fourth-order valence-corrected chi connectivity index (χ4v) is 1.82. The highest BCUT2D eigenvalue weighted by atomic mass is 16.3. The van der Waals surface area contributed by atoms with E-state index in [1.165, 1.54) is 25.7 Å². The molecule has 0 spiro atoms. The van der Waals surface area contributed by atoms with Crippen LogP contribution in [0.1, 0.15) is 39.5 Å². The van der Waals surface area contributed by atoms with E-state index >= 15 is 0 Å². The van der Waals surface area contributed by atoms with Crippen molar-refractivity contribution in [3.8, 4) is 0 Å². The third-order valence-corrected chi connectivity index (χ3v) is 2.69. The van der Waals surface area contributed by atoms with Crippen molar-refractivity contribution in [3.05, 3.63) is 0 Å². The Morgan fingerprint density at radius 3 is 2.15 bits per heavy atom. The molecule has 1 saturated carbocycles.